The van der Waals surface area contributed by atoms with Gasteiger partial charge in [0.2, 0.25) is 0 Å². The Balaban J connectivity index is 1.64. The van der Waals surface area contributed by atoms with Gasteiger partial charge in [-0.2, -0.15) is 0 Å². The number of fused-ring (bicyclic) bond motifs is 1. The van der Waals surface area contributed by atoms with Crippen molar-refractivity contribution in [3.63, 3.8) is 0 Å². The Morgan fingerprint density at radius 1 is 1.32 bits per heavy atom. The van der Waals surface area contributed by atoms with Gasteiger partial charge in [0.25, 0.3) is 0 Å². The van der Waals surface area contributed by atoms with Crippen LogP contribution >= 0.6 is 11.3 Å². The van der Waals surface area contributed by atoms with E-state index in [0.29, 0.717) is 12.1 Å². The normalized spacial score (nSPS) is 16.5. The van der Waals surface area contributed by atoms with Crippen molar-refractivity contribution in [2.24, 2.45) is 0 Å². The average Bonchev–Trinajstić information content (AvgIpc) is 3.04. The molecule has 1 aliphatic carbocycles. The summed E-state index contributed by atoms with van der Waals surface area (Å²) < 4.78 is 0. The van der Waals surface area contributed by atoms with Crippen LogP contribution in [0.25, 0.3) is 0 Å². The minimum atomic E-state index is 0.351. The molecule has 100 valence electrons. The first-order valence-electron chi connectivity index (χ1n) is 7.03. The highest BCUT2D eigenvalue weighted by Crippen LogP contribution is 2.25. The maximum atomic E-state index is 4.53. The van der Waals surface area contributed by atoms with Gasteiger partial charge in [-0.1, -0.05) is 31.2 Å². The lowest BCUT2D eigenvalue weighted by atomic mass is 10.1. The lowest BCUT2D eigenvalue weighted by Gasteiger charge is -2.17. The van der Waals surface area contributed by atoms with Crippen LogP contribution in [0.3, 0.4) is 0 Å². The zero-order chi connectivity index (χ0) is 13.2. The van der Waals surface area contributed by atoms with Crippen LogP contribution in [0.1, 0.15) is 40.9 Å². The Bertz CT molecular complexity index is 536. The van der Waals surface area contributed by atoms with Crippen molar-refractivity contribution in [3.8, 4) is 0 Å². The predicted octanol–water partition coefficient (Wildman–Crippen LogP) is 3.52. The van der Waals surface area contributed by atoms with Crippen LogP contribution in [0.4, 0.5) is 0 Å². The molecule has 1 atom stereocenters. The number of benzene rings is 1. The van der Waals surface area contributed by atoms with Crippen molar-refractivity contribution < 1.29 is 0 Å². The first kappa shape index (κ1) is 12.8. The Labute approximate surface area is 118 Å². The fraction of sp³-hybridized carbons (Fsp3) is 0.438. The van der Waals surface area contributed by atoms with E-state index < -0.39 is 0 Å². The molecule has 1 aromatic carbocycles. The highest BCUT2D eigenvalue weighted by atomic mass is 32.1. The van der Waals surface area contributed by atoms with Crippen molar-refractivity contribution in [1.29, 1.82) is 0 Å². The maximum Gasteiger partial charge on any atom is 0.109 e. The van der Waals surface area contributed by atoms with Crippen molar-refractivity contribution in [1.82, 2.24) is 10.3 Å². The molecule has 1 heterocycles. The molecule has 0 radical (unpaired) electrons. The molecule has 1 unspecified atom stereocenters. The maximum absolute atomic E-state index is 4.53. The van der Waals surface area contributed by atoms with Crippen LogP contribution in [0.2, 0.25) is 0 Å². The summed E-state index contributed by atoms with van der Waals surface area (Å²) >= 11 is 1.83. The Kier molecular flexibility index (Phi) is 3.67. The van der Waals surface area contributed by atoms with Crippen LogP contribution < -0.4 is 5.32 Å². The van der Waals surface area contributed by atoms with Crippen molar-refractivity contribution in [2.75, 3.05) is 0 Å². The van der Waals surface area contributed by atoms with Gasteiger partial charge in [0.1, 0.15) is 5.01 Å². The molecule has 0 bridgehead atoms. The second-order valence-corrected chi connectivity index (χ2v) is 6.43. The van der Waals surface area contributed by atoms with Gasteiger partial charge in [-0.15, -0.1) is 11.3 Å². The average molecular weight is 272 g/mol. The summed E-state index contributed by atoms with van der Waals surface area (Å²) in [6.07, 6.45) is 5.39. The lowest BCUT2D eigenvalue weighted by molar-refractivity contribution is 0.466. The molecular weight excluding hydrogens is 252 g/mol. The number of aromatic nitrogens is 1. The minimum Gasteiger partial charge on any atom is -0.305 e. The molecule has 1 aliphatic rings. The first-order chi connectivity index (χ1) is 9.26. The molecule has 0 saturated heterocycles. The molecule has 3 rings (SSSR count). The molecular formula is C16H20N2S. The molecule has 1 N–H and O–H groups in total. The molecule has 2 nitrogen and oxygen atoms in total. The van der Waals surface area contributed by atoms with Gasteiger partial charge in [-0.25, -0.2) is 4.98 Å². The molecule has 19 heavy (non-hydrogen) atoms. The molecule has 0 aliphatic heterocycles. The van der Waals surface area contributed by atoms with Gasteiger partial charge in [0.05, 0.1) is 6.04 Å². The van der Waals surface area contributed by atoms with E-state index in [1.54, 1.807) is 0 Å². The summed E-state index contributed by atoms with van der Waals surface area (Å²) in [6.45, 7) is 4.41. The second-order valence-electron chi connectivity index (χ2n) is 5.28. The number of aryl methyl sites for hydroxylation is 1. The fourth-order valence-electron chi connectivity index (χ4n) is 2.79. The van der Waals surface area contributed by atoms with E-state index in [1.807, 2.05) is 17.5 Å². The first-order valence-corrected chi connectivity index (χ1v) is 7.85. The van der Waals surface area contributed by atoms with E-state index in [-0.39, 0.29) is 0 Å². The number of nitrogens with one attached hydrogen (secondary N) is 1. The van der Waals surface area contributed by atoms with Gasteiger partial charge in [0.15, 0.2) is 0 Å². The molecule has 0 saturated carbocycles. The standard InChI is InChI=1S/C16H20N2S/c1-3-15-10-17-16(19-15)11(2)18-14-8-12-6-4-5-7-13(12)9-14/h4-7,10-11,14,18H,3,8-9H2,1-2H3. The number of nitrogens with zero attached hydrogens (tertiary/aromatic N) is 1. The number of hydrogen-bond acceptors (Lipinski definition) is 3. The van der Waals surface area contributed by atoms with Gasteiger partial charge in [0, 0.05) is 17.1 Å². The Morgan fingerprint density at radius 2 is 2.00 bits per heavy atom. The van der Waals surface area contributed by atoms with Crippen LogP contribution in [0.15, 0.2) is 30.5 Å². The predicted molar refractivity (Wildman–Crippen MR) is 80.7 cm³/mol. The van der Waals surface area contributed by atoms with E-state index >= 15 is 0 Å². The third-order valence-corrected chi connectivity index (χ3v) is 5.15. The van der Waals surface area contributed by atoms with Crippen LogP contribution in [0, 0.1) is 0 Å². The summed E-state index contributed by atoms with van der Waals surface area (Å²) in [4.78, 5) is 5.91. The largest absolute Gasteiger partial charge is 0.305 e. The fourth-order valence-corrected chi connectivity index (χ4v) is 3.66. The van der Waals surface area contributed by atoms with E-state index in [9.17, 15) is 0 Å². The van der Waals surface area contributed by atoms with Gasteiger partial charge < -0.3 is 5.32 Å². The molecule has 0 amide bonds. The molecule has 0 fully saturated rings. The molecule has 0 spiro atoms. The third kappa shape index (κ3) is 2.72. The smallest absolute Gasteiger partial charge is 0.109 e. The van der Waals surface area contributed by atoms with E-state index in [2.05, 4.69) is 48.4 Å². The minimum absolute atomic E-state index is 0.351. The third-order valence-electron chi connectivity index (χ3n) is 3.83. The van der Waals surface area contributed by atoms with Crippen molar-refractivity contribution >= 4 is 11.3 Å². The van der Waals surface area contributed by atoms with Crippen LogP contribution in [-0.2, 0) is 19.3 Å². The summed E-state index contributed by atoms with van der Waals surface area (Å²) in [5, 5.41) is 4.94. The van der Waals surface area contributed by atoms with Crippen molar-refractivity contribution in [2.45, 2.75) is 45.2 Å². The number of rotatable bonds is 4. The highest BCUT2D eigenvalue weighted by molar-refractivity contribution is 7.11. The molecule has 2 aromatic rings. The van der Waals surface area contributed by atoms with Gasteiger partial charge in [-0.05, 0) is 37.3 Å². The lowest BCUT2D eigenvalue weighted by Crippen LogP contribution is -2.31. The zero-order valence-corrected chi connectivity index (χ0v) is 12.3. The van der Waals surface area contributed by atoms with Gasteiger partial charge in [-0.3, -0.25) is 0 Å². The van der Waals surface area contributed by atoms with Crippen LogP contribution in [-0.4, -0.2) is 11.0 Å². The molecule has 3 heteroatoms. The van der Waals surface area contributed by atoms with E-state index in [1.165, 1.54) is 21.0 Å². The monoisotopic (exact) mass is 272 g/mol. The second kappa shape index (κ2) is 5.43. The highest BCUT2D eigenvalue weighted by Gasteiger charge is 2.23. The quantitative estimate of drug-likeness (QED) is 0.921. The van der Waals surface area contributed by atoms with E-state index in [4.69, 9.17) is 0 Å². The summed E-state index contributed by atoms with van der Waals surface area (Å²) in [6, 6.07) is 9.68. The summed E-state index contributed by atoms with van der Waals surface area (Å²) in [5.74, 6) is 0. The number of hydrogen-bond donors (Lipinski definition) is 1. The van der Waals surface area contributed by atoms with Crippen LogP contribution in [0.5, 0.6) is 0 Å². The number of thiazole rings is 1. The van der Waals surface area contributed by atoms with Gasteiger partial charge >= 0.3 is 0 Å². The summed E-state index contributed by atoms with van der Waals surface area (Å²) in [7, 11) is 0. The molecule has 1 aromatic heterocycles. The Hall–Kier alpha value is -1.19. The topological polar surface area (TPSA) is 24.9 Å². The summed E-state index contributed by atoms with van der Waals surface area (Å²) in [5.41, 5.74) is 3.00. The SMILES string of the molecule is CCc1cnc(C(C)NC2Cc3ccccc3C2)s1. The van der Waals surface area contributed by atoms with Crippen molar-refractivity contribution in [3.05, 3.63) is 51.5 Å². The van der Waals surface area contributed by atoms with E-state index in [0.717, 1.165) is 19.3 Å². The Morgan fingerprint density at radius 3 is 2.58 bits per heavy atom. The zero-order valence-electron chi connectivity index (χ0n) is 11.5.